The van der Waals surface area contributed by atoms with E-state index in [1.165, 1.54) is 17.5 Å². The van der Waals surface area contributed by atoms with Crippen LogP contribution in [0.25, 0.3) is 11.0 Å². The molecule has 0 bridgehead atoms. The average molecular weight is 447 g/mol. The van der Waals surface area contributed by atoms with E-state index in [9.17, 15) is 9.59 Å². The number of hydrogen-bond donors (Lipinski definition) is 0. The van der Waals surface area contributed by atoms with Crippen molar-refractivity contribution in [1.82, 2.24) is 19.8 Å². The Morgan fingerprint density at radius 2 is 2.00 bits per heavy atom. The van der Waals surface area contributed by atoms with Crippen LogP contribution in [0.5, 0.6) is 0 Å². The van der Waals surface area contributed by atoms with Crippen LogP contribution in [0, 0.1) is 0 Å². The van der Waals surface area contributed by atoms with Gasteiger partial charge in [0.25, 0.3) is 5.91 Å². The van der Waals surface area contributed by atoms with E-state index in [1.807, 2.05) is 13.8 Å². The van der Waals surface area contributed by atoms with Gasteiger partial charge in [-0.15, -0.1) is 0 Å². The van der Waals surface area contributed by atoms with E-state index < -0.39 is 24.5 Å². The molecule has 5 heterocycles. The van der Waals surface area contributed by atoms with Gasteiger partial charge in [0.2, 0.25) is 0 Å². The lowest BCUT2D eigenvalue weighted by Crippen LogP contribution is -2.31. The van der Waals surface area contributed by atoms with Gasteiger partial charge in [0.15, 0.2) is 12.3 Å². The van der Waals surface area contributed by atoms with Gasteiger partial charge in [0.05, 0.1) is 24.3 Å². The van der Waals surface area contributed by atoms with Crippen molar-refractivity contribution in [3.63, 3.8) is 0 Å². The molecule has 0 radical (unpaired) electrons. The number of carbonyl (C=O) groups excluding carboxylic acids is 2. The zero-order chi connectivity index (χ0) is 22.9. The van der Waals surface area contributed by atoms with Crippen LogP contribution in [0.4, 0.5) is 0 Å². The Morgan fingerprint density at radius 3 is 2.73 bits per heavy atom. The highest BCUT2D eigenvalue weighted by molar-refractivity contribution is 6.01. The maximum atomic E-state index is 12.9. The SMILES string of the molecule is CC(C)n1ncc2cc(C(=O)OCC(=O)N3N=C(c4ccco4)C[C@@H]3c3ccco3)cnc21. The fourth-order valence-electron chi connectivity index (χ4n) is 3.74. The van der Waals surface area contributed by atoms with Crippen molar-refractivity contribution in [1.29, 1.82) is 0 Å². The number of nitrogens with zero attached hydrogens (tertiary/aromatic N) is 5. The molecule has 4 aromatic rings. The van der Waals surface area contributed by atoms with Crippen molar-refractivity contribution in [2.45, 2.75) is 32.4 Å². The minimum Gasteiger partial charge on any atom is -0.467 e. The highest BCUT2D eigenvalue weighted by Crippen LogP contribution is 2.33. The van der Waals surface area contributed by atoms with E-state index in [4.69, 9.17) is 13.6 Å². The first-order valence-corrected chi connectivity index (χ1v) is 10.5. The van der Waals surface area contributed by atoms with Crippen LogP contribution in [0.2, 0.25) is 0 Å². The Hall–Kier alpha value is -4.21. The summed E-state index contributed by atoms with van der Waals surface area (Å²) in [7, 11) is 0. The lowest BCUT2D eigenvalue weighted by Gasteiger charge is -2.19. The van der Waals surface area contributed by atoms with Gasteiger partial charge in [-0.2, -0.15) is 10.2 Å². The molecule has 0 saturated heterocycles. The summed E-state index contributed by atoms with van der Waals surface area (Å²) in [6, 6.07) is 8.38. The topological polar surface area (TPSA) is 116 Å². The molecule has 168 valence electrons. The fourth-order valence-corrected chi connectivity index (χ4v) is 3.74. The Balaban J connectivity index is 1.31. The summed E-state index contributed by atoms with van der Waals surface area (Å²) in [6.45, 7) is 3.51. The molecule has 33 heavy (non-hydrogen) atoms. The number of ether oxygens (including phenoxy) is 1. The number of esters is 1. The first-order valence-electron chi connectivity index (χ1n) is 10.5. The van der Waals surface area contributed by atoms with E-state index in [-0.39, 0.29) is 11.6 Å². The third-order valence-electron chi connectivity index (χ3n) is 5.33. The summed E-state index contributed by atoms with van der Waals surface area (Å²) in [6.07, 6.45) is 6.56. The van der Waals surface area contributed by atoms with Gasteiger partial charge >= 0.3 is 5.97 Å². The lowest BCUT2D eigenvalue weighted by molar-refractivity contribution is -0.136. The van der Waals surface area contributed by atoms with Crippen LogP contribution in [-0.4, -0.2) is 44.0 Å². The normalized spacial score (nSPS) is 15.9. The first-order chi connectivity index (χ1) is 16.0. The summed E-state index contributed by atoms with van der Waals surface area (Å²) >= 11 is 0. The van der Waals surface area contributed by atoms with Gasteiger partial charge < -0.3 is 13.6 Å². The van der Waals surface area contributed by atoms with Crippen LogP contribution in [0.1, 0.15) is 54.2 Å². The van der Waals surface area contributed by atoms with Crippen LogP contribution in [0.3, 0.4) is 0 Å². The fraction of sp³-hybridized carbons (Fsp3) is 0.261. The zero-order valence-electron chi connectivity index (χ0n) is 18.0. The standard InChI is InChI=1S/C23H21N5O5/c1-14(2)27-22-15(12-25-27)9-16(11-24-22)23(30)33-13-21(29)28-18(20-6-4-8-32-20)10-17(26-28)19-5-3-7-31-19/h3-9,11-12,14,18H,10,13H2,1-2H3/t18-/m1/s1. The number of carbonyl (C=O) groups is 2. The molecule has 0 aromatic carbocycles. The molecule has 1 aliphatic rings. The minimum absolute atomic E-state index is 0.139. The summed E-state index contributed by atoms with van der Waals surface area (Å²) in [5.74, 6) is 0.0176. The second-order valence-electron chi connectivity index (χ2n) is 7.89. The van der Waals surface area contributed by atoms with E-state index in [2.05, 4.69) is 15.2 Å². The van der Waals surface area contributed by atoms with Gasteiger partial charge in [-0.25, -0.2) is 19.5 Å². The van der Waals surface area contributed by atoms with Crippen molar-refractivity contribution in [3.8, 4) is 0 Å². The molecule has 0 fully saturated rings. The molecule has 10 heteroatoms. The van der Waals surface area contributed by atoms with Crippen LogP contribution in [0.15, 0.2) is 69.2 Å². The molecule has 0 N–H and O–H groups in total. The van der Waals surface area contributed by atoms with Crippen molar-refractivity contribution >= 4 is 28.6 Å². The van der Waals surface area contributed by atoms with Gasteiger partial charge in [-0.05, 0) is 44.2 Å². The molecular weight excluding hydrogens is 426 g/mol. The van der Waals surface area contributed by atoms with Crippen LogP contribution < -0.4 is 0 Å². The molecule has 5 rings (SSSR count). The first kappa shape index (κ1) is 20.7. The quantitative estimate of drug-likeness (QED) is 0.414. The van der Waals surface area contributed by atoms with Gasteiger partial charge in [0.1, 0.15) is 23.3 Å². The molecule has 1 aliphatic heterocycles. The molecule has 0 saturated carbocycles. The third kappa shape index (κ3) is 3.91. The molecular formula is C23H21N5O5. The van der Waals surface area contributed by atoms with Crippen LogP contribution in [-0.2, 0) is 9.53 Å². The number of aromatic nitrogens is 3. The van der Waals surface area contributed by atoms with E-state index in [0.29, 0.717) is 29.3 Å². The monoisotopic (exact) mass is 447 g/mol. The lowest BCUT2D eigenvalue weighted by atomic mass is 10.1. The number of fused-ring (bicyclic) bond motifs is 1. The number of furan rings is 2. The van der Waals surface area contributed by atoms with E-state index in [0.717, 1.165) is 5.39 Å². The Labute approximate surface area is 188 Å². The summed E-state index contributed by atoms with van der Waals surface area (Å²) in [4.78, 5) is 29.8. The number of hydrazone groups is 1. The molecule has 0 spiro atoms. The minimum atomic E-state index is -0.654. The van der Waals surface area contributed by atoms with Gasteiger partial charge in [0, 0.05) is 24.0 Å². The molecule has 0 aliphatic carbocycles. The molecule has 1 amide bonds. The molecule has 4 aromatic heterocycles. The van der Waals surface area contributed by atoms with E-state index in [1.54, 1.807) is 47.5 Å². The highest BCUT2D eigenvalue weighted by Gasteiger charge is 2.36. The molecule has 1 atom stereocenters. The largest absolute Gasteiger partial charge is 0.467 e. The summed E-state index contributed by atoms with van der Waals surface area (Å²) in [5, 5.41) is 10.7. The number of hydrogen-bond acceptors (Lipinski definition) is 8. The smallest absolute Gasteiger partial charge is 0.340 e. The maximum Gasteiger partial charge on any atom is 0.340 e. The van der Waals surface area contributed by atoms with Crippen molar-refractivity contribution in [2.75, 3.05) is 6.61 Å². The summed E-state index contributed by atoms with van der Waals surface area (Å²) in [5.41, 5.74) is 1.52. The van der Waals surface area contributed by atoms with Crippen molar-refractivity contribution in [2.24, 2.45) is 5.10 Å². The van der Waals surface area contributed by atoms with Crippen molar-refractivity contribution in [3.05, 3.63) is 72.3 Å². The highest BCUT2D eigenvalue weighted by atomic mass is 16.5. The molecule has 0 unspecified atom stereocenters. The predicted octanol–water partition coefficient (Wildman–Crippen LogP) is 3.73. The van der Waals surface area contributed by atoms with Gasteiger partial charge in [-0.1, -0.05) is 0 Å². The second-order valence-corrected chi connectivity index (χ2v) is 7.89. The second kappa shape index (κ2) is 8.38. The Bertz CT molecular complexity index is 1320. The number of rotatable bonds is 6. The van der Waals surface area contributed by atoms with E-state index >= 15 is 0 Å². The zero-order valence-corrected chi connectivity index (χ0v) is 18.0. The number of pyridine rings is 1. The summed E-state index contributed by atoms with van der Waals surface area (Å²) < 4.78 is 18.0. The Kier molecular flexibility index (Phi) is 5.25. The van der Waals surface area contributed by atoms with Crippen molar-refractivity contribution < 1.29 is 23.2 Å². The van der Waals surface area contributed by atoms with Gasteiger partial charge in [-0.3, -0.25) is 4.79 Å². The van der Waals surface area contributed by atoms with Crippen LogP contribution >= 0.6 is 0 Å². The maximum absolute atomic E-state index is 12.9. The predicted molar refractivity (Wildman–Crippen MR) is 116 cm³/mol. The third-order valence-corrected chi connectivity index (χ3v) is 5.33. The Morgan fingerprint density at radius 1 is 1.18 bits per heavy atom. The molecule has 10 nitrogen and oxygen atoms in total. The number of amides is 1. The average Bonchev–Trinajstić information content (AvgIpc) is 3.61.